The van der Waals surface area contributed by atoms with Crippen LogP contribution in [-0.4, -0.2) is 52.8 Å². The lowest BCUT2D eigenvalue weighted by atomic mass is 9.90. The van der Waals surface area contributed by atoms with E-state index >= 15 is 0 Å². The smallest absolute Gasteiger partial charge is 0.228 e. The van der Waals surface area contributed by atoms with Gasteiger partial charge in [0.15, 0.2) is 0 Å². The van der Waals surface area contributed by atoms with Crippen LogP contribution in [0.25, 0.3) is 0 Å². The summed E-state index contributed by atoms with van der Waals surface area (Å²) in [6, 6.07) is 4.02. The van der Waals surface area contributed by atoms with Crippen LogP contribution in [0.1, 0.15) is 31.7 Å². The van der Waals surface area contributed by atoms with Crippen molar-refractivity contribution < 1.29 is 9.59 Å². The van der Waals surface area contributed by atoms with Crippen LogP contribution in [0.4, 0.5) is 0 Å². The molecule has 2 aliphatic heterocycles. The number of aromatic nitrogens is 1. The molecule has 22 heavy (non-hydrogen) atoms. The predicted molar refractivity (Wildman–Crippen MR) is 83.1 cm³/mol. The van der Waals surface area contributed by atoms with Crippen molar-refractivity contribution >= 4 is 11.8 Å². The number of hydrogen-bond acceptors (Lipinski definition) is 3. The maximum Gasteiger partial charge on any atom is 0.228 e. The second kappa shape index (κ2) is 6.07. The van der Waals surface area contributed by atoms with E-state index in [2.05, 4.69) is 18.8 Å². The Kier molecular flexibility index (Phi) is 4.14. The van der Waals surface area contributed by atoms with E-state index in [0.29, 0.717) is 24.8 Å². The molecule has 0 saturated carbocycles. The molecule has 0 N–H and O–H groups in total. The molecule has 1 unspecified atom stereocenters. The van der Waals surface area contributed by atoms with E-state index in [9.17, 15) is 9.59 Å². The van der Waals surface area contributed by atoms with Crippen LogP contribution in [0.2, 0.25) is 0 Å². The molecule has 1 aromatic heterocycles. The van der Waals surface area contributed by atoms with Gasteiger partial charge in [-0.15, -0.1) is 0 Å². The van der Waals surface area contributed by atoms with Gasteiger partial charge in [-0.3, -0.25) is 14.6 Å². The Morgan fingerprint density at radius 2 is 1.95 bits per heavy atom. The average Bonchev–Trinajstić information content (AvgIpc) is 2.79. The second-order valence-electron chi connectivity index (χ2n) is 6.81. The number of nitrogens with zero attached hydrogens (tertiary/aromatic N) is 3. The first kappa shape index (κ1) is 15.0. The standard InChI is InChI=1S/C17H23N3O2/c1-12(2)8-19-9-14(7-16(19)21)17(22)20-10-15(11-20)13-3-5-18-6-4-13/h3-6,12,14-15H,7-11H2,1-2H3. The Labute approximate surface area is 131 Å². The second-order valence-corrected chi connectivity index (χ2v) is 6.81. The molecule has 0 bridgehead atoms. The topological polar surface area (TPSA) is 53.5 Å². The van der Waals surface area contributed by atoms with Crippen molar-refractivity contribution in [3.05, 3.63) is 30.1 Å². The molecule has 0 aliphatic carbocycles. The third kappa shape index (κ3) is 2.98. The zero-order valence-electron chi connectivity index (χ0n) is 13.2. The molecular weight excluding hydrogens is 278 g/mol. The molecule has 1 atom stereocenters. The monoisotopic (exact) mass is 301 g/mol. The lowest BCUT2D eigenvalue weighted by Crippen LogP contribution is -2.51. The van der Waals surface area contributed by atoms with Gasteiger partial charge in [0.25, 0.3) is 0 Å². The molecule has 3 heterocycles. The largest absolute Gasteiger partial charge is 0.342 e. The van der Waals surface area contributed by atoms with E-state index in [-0.39, 0.29) is 17.7 Å². The van der Waals surface area contributed by atoms with Crippen molar-refractivity contribution in [1.29, 1.82) is 0 Å². The van der Waals surface area contributed by atoms with Crippen LogP contribution in [0.3, 0.4) is 0 Å². The van der Waals surface area contributed by atoms with Gasteiger partial charge in [0.2, 0.25) is 11.8 Å². The fourth-order valence-corrected chi connectivity index (χ4v) is 3.32. The maximum atomic E-state index is 12.5. The Morgan fingerprint density at radius 1 is 1.27 bits per heavy atom. The van der Waals surface area contributed by atoms with Gasteiger partial charge in [-0.25, -0.2) is 0 Å². The van der Waals surface area contributed by atoms with E-state index in [1.165, 1.54) is 5.56 Å². The van der Waals surface area contributed by atoms with Gasteiger partial charge < -0.3 is 9.80 Å². The Balaban J connectivity index is 1.53. The summed E-state index contributed by atoms with van der Waals surface area (Å²) in [5, 5.41) is 0. The minimum Gasteiger partial charge on any atom is -0.342 e. The Hall–Kier alpha value is -1.91. The van der Waals surface area contributed by atoms with Crippen LogP contribution in [0.5, 0.6) is 0 Å². The van der Waals surface area contributed by atoms with Crippen LogP contribution in [0.15, 0.2) is 24.5 Å². The van der Waals surface area contributed by atoms with E-state index in [1.807, 2.05) is 21.9 Å². The summed E-state index contributed by atoms with van der Waals surface area (Å²) in [7, 11) is 0. The first-order valence-electron chi connectivity index (χ1n) is 8.01. The quantitative estimate of drug-likeness (QED) is 0.847. The summed E-state index contributed by atoms with van der Waals surface area (Å²) in [6.45, 7) is 7.05. The van der Waals surface area contributed by atoms with Crippen LogP contribution in [-0.2, 0) is 9.59 Å². The normalized spacial score (nSPS) is 22.3. The van der Waals surface area contributed by atoms with E-state index in [0.717, 1.165) is 19.6 Å². The number of carbonyl (C=O) groups is 2. The molecule has 1 aromatic rings. The highest BCUT2D eigenvalue weighted by molar-refractivity contribution is 5.89. The average molecular weight is 301 g/mol. The fourth-order valence-electron chi connectivity index (χ4n) is 3.32. The minimum atomic E-state index is -0.148. The van der Waals surface area contributed by atoms with Gasteiger partial charge in [-0.1, -0.05) is 13.8 Å². The number of likely N-dealkylation sites (tertiary alicyclic amines) is 2. The molecule has 0 aromatic carbocycles. The molecule has 2 amide bonds. The fraction of sp³-hybridized carbons (Fsp3) is 0.588. The number of carbonyl (C=O) groups excluding carboxylic acids is 2. The molecule has 0 radical (unpaired) electrons. The minimum absolute atomic E-state index is 0.123. The van der Waals surface area contributed by atoms with Gasteiger partial charge in [0, 0.05) is 50.9 Å². The van der Waals surface area contributed by atoms with Gasteiger partial charge in [0.1, 0.15) is 0 Å². The lowest BCUT2D eigenvalue weighted by Gasteiger charge is -2.40. The zero-order valence-corrected chi connectivity index (χ0v) is 13.2. The number of hydrogen-bond donors (Lipinski definition) is 0. The number of amides is 2. The highest BCUT2D eigenvalue weighted by Crippen LogP contribution is 2.30. The highest BCUT2D eigenvalue weighted by atomic mass is 16.2. The predicted octanol–water partition coefficient (Wildman–Crippen LogP) is 1.51. The van der Waals surface area contributed by atoms with Gasteiger partial charge >= 0.3 is 0 Å². The Morgan fingerprint density at radius 3 is 2.59 bits per heavy atom. The Bertz CT molecular complexity index is 552. The summed E-state index contributed by atoms with van der Waals surface area (Å²) < 4.78 is 0. The van der Waals surface area contributed by atoms with Crippen molar-refractivity contribution in [3.63, 3.8) is 0 Å². The SMILES string of the molecule is CC(C)CN1CC(C(=O)N2CC(c3ccncc3)C2)CC1=O. The van der Waals surface area contributed by atoms with Crippen molar-refractivity contribution in [3.8, 4) is 0 Å². The third-order valence-electron chi connectivity index (χ3n) is 4.52. The van der Waals surface area contributed by atoms with Gasteiger partial charge in [0.05, 0.1) is 5.92 Å². The summed E-state index contributed by atoms with van der Waals surface area (Å²) in [4.78, 5) is 32.3. The molecule has 5 nitrogen and oxygen atoms in total. The van der Waals surface area contributed by atoms with Gasteiger partial charge in [-0.05, 0) is 23.6 Å². The molecule has 5 heteroatoms. The van der Waals surface area contributed by atoms with E-state index in [1.54, 1.807) is 12.4 Å². The summed E-state index contributed by atoms with van der Waals surface area (Å²) >= 11 is 0. The zero-order chi connectivity index (χ0) is 15.7. The molecule has 2 fully saturated rings. The molecule has 0 spiro atoms. The van der Waals surface area contributed by atoms with Crippen molar-refractivity contribution in [2.75, 3.05) is 26.2 Å². The van der Waals surface area contributed by atoms with Crippen molar-refractivity contribution in [2.45, 2.75) is 26.2 Å². The first-order chi connectivity index (χ1) is 10.5. The summed E-state index contributed by atoms with van der Waals surface area (Å²) in [5.74, 6) is 0.974. The van der Waals surface area contributed by atoms with Crippen LogP contribution >= 0.6 is 0 Å². The van der Waals surface area contributed by atoms with Crippen molar-refractivity contribution in [1.82, 2.24) is 14.8 Å². The molecule has 2 saturated heterocycles. The molecule has 118 valence electrons. The summed E-state index contributed by atoms with van der Waals surface area (Å²) in [6.07, 6.45) is 3.96. The number of pyridine rings is 1. The van der Waals surface area contributed by atoms with E-state index < -0.39 is 0 Å². The van der Waals surface area contributed by atoms with Gasteiger partial charge in [-0.2, -0.15) is 0 Å². The third-order valence-corrected chi connectivity index (χ3v) is 4.52. The highest BCUT2D eigenvalue weighted by Gasteiger charge is 2.40. The molecule has 2 aliphatic rings. The van der Waals surface area contributed by atoms with Crippen LogP contribution < -0.4 is 0 Å². The maximum absolute atomic E-state index is 12.5. The van der Waals surface area contributed by atoms with Crippen LogP contribution in [0, 0.1) is 11.8 Å². The first-order valence-corrected chi connectivity index (χ1v) is 8.01. The van der Waals surface area contributed by atoms with E-state index in [4.69, 9.17) is 0 Å². The number of rotatable bonds is 4. The van der Waals surface area contributed by atoms with Crippen molar-refractivity contribution in [2.24, 2.45) is 11.8 Å². The molecular formula is C17H23N3O2. The summed E-state index contributed by atoms with van der Waals surface area (Å²) in [5.41, 5.74) is 1.24. The lowest BCUT2D eigenvalue weighted by molar-refractivity contribution is -0.140. The molecule has 3 rings (SSSR count).